The Morgan fingerprint density at radius 1 is 1.28 bits per heavy atom. The summed E-state index contributed by atoms with van der Waals surface area (Å²) in [6.07, 6.45) is 7.10. The summed E-state index contributed by atoms with van der Waals surface area (Å²) in [6.45, 7) is 0.864. The minimum atomic E-state index is -0.188. The Bertz CT molecular complexity index is 846. The van der Waals surface area contributed by atoms with Crippen LogP contribution in [0.1, 0.15) is 48.5 Å². The smallest absolute Gasteiger partial charge is 0.345 e. The van der Waals surface area contributed by atoms with Gasteiger partial charge in [0.25, 0.3) is 0 Å². The maximum Gasteiger partial charge on any atom is 0.345 e. The van der Waals surface area contributed by atoms with E-state index in [2.05, 4.69) is 20.6 Å². The number of fused-ring (bicyclic) bond motifs is 2. The Balaban J connectivity index is 1.41. The number of aryl methyl sites for hydroxylation is 3. The summed E-state index contributed by atoms with van der Waals surface area (Å²) >= 11 is 0. The van der Waals surface area contributed by atoms with Gasteiger partial charge in [0.1, 0.15) is 5.82 Å². The van der Waals surface area contributed by atoms with Gasteiger partial charge in [0.05, 0.1) is 18.2 Å². The molecule has 0 saturated carbocycles. The van der Waals surface area contributed by atoms with Crippen molar-refractivity contribution in [2.75, 3.05) is 0 Å². The number of nitrogens with zero attached hydrogens (tertiary/aromatic N) is 4. The maximum absolute atomic E-state index is 12.6. The molecule has 1 aliphatic heterocycles. The summed E-state index contributed by atoms with van der Waals surface area (Å²) in [7, 11) is 1.64. The van der Waals surface area contributed by atoms with E-state index in [0.717, 1.165) is 30.8 Å². The first kappa shape index (κ1) is 16.1. The summed E-state index contributed by atoms with van der Waals surface area (Å²) < 4.78 is 2.96. The fourth-order valence-electron chi connectivity index (χ4n) is 3.94. The highest BCUT2D eigenvalue weighted by atomic mass is 16.2. The van der Waals surface area contributed by atoms with E-state index in [0.29, 0.717) is 19.5 Å². The predicted molar refractivity (Wildman–Crippen MR) is 91.0 cm³/mol. The Labute approximate surface area is 145 Å². The number of aromatic amines is 1. The van der Waals surface area contributed by atoms with Gasteiger partial charge in [0.15, 0.2) is 0 Å². The highest BCUT2D eigenvalue weighted by Crippen LogP contribution is 2.22. The topological polar surface area (TPSA) is 97.6 Å². The molecule has 8 heteroatoms. The van der Waals surface area contributed by atoms with Crippen LogP contribution in [0, 0.1) is 5.92 Å². The zero-order valence-corrected chi connectivity index (χ0v) is 14.5. The van der Waals surface area contributed by atoms with E-state index < -0.39 is 0 Å². The molecule has 0 radical (unpaired) electrons. The molecule has 2 N–H and O–H groups in total. The van der Waals surface area contributed by atoms with E-state index in [1.807, 2.05) is 0 Å². The average Bonchev–Trinajstić information content (AvgIpc) is 3.02. The van der Waals surface area contributed by atoms with Crippen LogP contribution < -0.4 is 11.0 Å². The van der Waals surface area contributed by atoms with Gasteiger partial charge < -0.3 is 5.32 Å². The Morgan fingerprint density at radius 3 is 3.00 bits per heavy atom. The second kappa shape index (κ2) is 6.50. The fraction of sp³-hybridized carbons (Fsp3) is 0.647. The maximum atomic E-state index is 12.6. The number of rotatable bonds is 3. The first-order valence-corrected chi connectivity index (χ1v) is 9.09. The van der Waals surface area contributed by atoms with Crippen molar-refractivity contribution < 1.29 is 4.79 Å². The molecular weight excluding hydrogens is 320 g/mol. The molecule has 1 atom stereocenters. The van der Waals surface area contributed by atoms with Gasteiger partial charge in [-0.25, -0.2) is 9.48 Å². The third-order valence-corrected chi connectivity index (χ3v) is 5.40. The van der Waals surface area contributed by atoms with Crippen LogP contribution in [-0.4, -0.2) is 30.5 Å². The minimum absolute atomic E-state index is 0.00762. The highest BCUT2D eigenvalue weighted by molar-refractivity contribution is 5.78. The fourth-order valence-corrected chi connectivity index (χ4v) is 3.94. The normalized spacial score (nSPS) is 19.8. The molecular formula is C17H24N6O2. The zero-order valence-electron chi connectivity index (χ0n) is 14.5. The molecule has 0 saturated heterocycles. The van der Waals surface area contributed by atoms with Crippen LogP contribution in [0.2, 0.25) is 0 Å². The minimum Gasteiger partial charge on any atom is -0.350 e. The van der Waals surface area contributed by atoms with Crippen LogP contribution in [0.25, 0.3) is 0 Å². The monoisotopic (exact) mass is 344 g/mol. The van der Waals surface area contributed by atoms with Crippen molar-refractivity contribution in [3.8, 4) is 0 Å². The average molecular weight is 344 g/mol. The Kier molecular flexibility index (Phi) is 4.19. The van der Waals surface area contributed by atoms with Gasteiger partial charge in [-0.15, -0.1) is 0 Å². The number of hydrogen-bond donors (Lipinski definition) is 2. The van der Waals surface area contributed by atoms with E-state index in [1.165, 1.54) is 35.2 Å². The van der Waals surface area contributed by atoms with Crippen molar-refractivity contribution in [1.82, 2.24) is 29.9 Å². The van der Waals surface area contributed by atoms with E-state index in [-0.39, 0.29) is 17.5 Å². The van der Waals surface area contributed by atoms with Crippen LogP contribution in [0.15, 0.2) is 4.79 Å². The van der Waals surface area contributed by atoms with Crippen molar-refractivity contribution >= 4 is 5.91 Å². The van der Waals surface area contributed by atoms with Gasteiger partial charge in [-0.2, -0.15) is 10.2 Å². The lowest BCUT2D eigenvalue weighted by molar-refractivity contribution is -0.126. The van der Waals surface area contributed by atoms with Crippen molar-refractivity contribution in [2.24, 2.45) is 13.0 Å². The largest absolute Gasteiger partial charge is 0.350 e. The molecule has 3 heterocycles. The summed E-state index contributed by atoms with van der Waals surface area (Å²) in [5.74, 6) is 0.577. The molecule has 8 nitrogen and oxygen atoms in total. The predicted octanol–water partition coefficient (Wildman–Crippen LogP) is 0.453. The molecule has 2 aliphatic rings. The van der Waals surface area contributed by atoms with Crippen LogP contribution in [0.4, 0.5) is 0 Å². The van der Waals surface area contributed by atoms with Gasteiger partial charge in [0.2, 0.25) is 5.91 Å². The van der Waals surface area contributed by atoms with Gasteiger partial charge in [-0.1, -0.05) is 6.42 Å². The van der Waals surface area contributed by atoms with Crippen molar-refractivity contribution in [1.29, 1.82) is 0 Å². The molecule has 0 aromatic carbocycles. The van der Waals surface area contributed by atoms with E-state index in [4.69, 9.17) is 0 Å². The quantitative estimate of drug-likeness (QED) is 0.790. The summed E-state index contributed by atoms with van der Waals surface area (Å²) in [5.41, 5.74) is 3.32. The van der Waals surface area contributed by atoms with Crippen molar-refractivity contribution in [2.45, 2.75) is 58.0 Å². The number of nitrogens with one attached hydrogen (secondary N) is 2. The zero-order chi connectivity index (χ0) is 17.4. The molecule has 2 aromatic heterocycles. The second-order valence-corrected chi connectivity index (χ2v) is 7.07. The lowest BCUT2D eigenvalue weighted by atomic mass is 9.98. The third kappa shape index (κ3) is 3.01. The highest BCUT2D eigenvalue weighted by Gasteiger charge is 2.28. The van der Waals surface area contributed by atoms with E-state index >= 15 is 0 Å². The van der Waals surface area contributed by atoms with E-state index in [9.17, 15) is 9.59 Å². The van der Waals surface area contributed by atoms with E-state index in [1.54, 1.807) is 11.6 Å². The Morgan fingerprint density at radius 2 is 2.12 bits per heavy atom. The summed E-state index contributed by atoms with van der Waals surface area (Å²) in [5, 5.41) is 14.8. The summed E-state index contributed by atoms with van der Waals surface area (Å²) in [4.78, 5) is 24.6. The first-order chi connectivity index (χ1) is 12.1. The van der Waals surface area contributed by atoms with Crippen LogP contribution >= 0.6 is 0 Å². The molecule has 0 bridgehead atoms. The van der Waals surface area contributed by atoms with Crippen LogP contribution in [0.5, 0.6) is 0 Å². The molecule has 1 amide bonds. The number of carbonyl (C=O) groups excluding carboxylic acids is 1. The molecule has 4 rings (SSSR count). The SMILES string of the molecule is Cn1nc2n(c1=O)C[C@@H](C(=O)NCc1n[nH]c3c1CCCCC3)CC2. The van der Waals surface area contributed by atoms with Gasteiger partial charge >= 0.3 is 5.69 Å². The molecule has 0 spiro atoms. The molecule has 0 fully saturated rings. The number of aromatic nitrogens is 5. The number of carbonyl (C=O) groups is 1. The molecule has 2 aromatic rings. The van der Waals surface area contributed by atoms with Crippen LogP contribution in [-0.2, 0) is 44.2 Å². The lowest BCUT2D eigenvalue weighted by Gasteiger charge is -2.21. The molecule has 0 unspecified atom stereocenters. The molecule has 1 aliphatic carbocycles. The molecule has 25 heavy (non-hydrogen) atoms. The van der Waals surface area contributed by atoms with Crippen LogP contribution in [0.3, 0.4) is 0 Å². The Hall–Kier alpha value is -2.38. The number of amides is 1. The number of H-pyrrole nitrogens is 1. The van der Waals surface area contributed by atoms with Gasteiger partial charge in [0, 0.05) is 25.7 Å². The standard InChI is InChI=1S/C17H24N6O2/c1-22-17(25)23-10-11(7-8-15(23)21-22)16(24)18-9-14-12-5-3-2-4-6-13(12)19-20-14/h11H,2-10H2,1H3,(H,18,24)(H,19,20)/t11-/m0/s1. The van der Waals surface area contributed by atoms with Gasteiger partial charge in [-0.05, 0) is 37.7 Å². The number of hydrogen-bond acceptors (Lipinski definition) is 4. The van der Waals surface area contributed by atoms with Crippen molar-refractivity contribution in [3.63, 3.8) is 0 Å². The van der Waals surface area contributed by atoms with Gasteiger partial charge in [-0.3, -0.25) is 14.5 Å². The van der Waals surface area contributed by atoms with Crippen molar-refractivity contribution in [3.05, 3.63) is 33.3 Å². The second-order valence-electron chi connectivity index (χ2n) is 7.07. The summed E-state index contributed by atoms with van der Waals surface area (Å²) in [6, 6.07) is 0. The lowest BCUT2D eigenvalue weighted by Crippen LogP contribution is -2.38. The molecule has 134 valence electrons. The third-order valence-electron chi connectivity index (χ3n) is 5.40. The first-order valence-electron chi connectivity index (χ1n) is 9.09.